The zero-order chi connectivity index (χ0) is 25.5. The van der Waals surface area contributed by atoms with E-state index in [0.717, 1.165) is 6.42 Å². The SMILES string of the molecule is CCCCCCCC[PH]1=C(c2ccc(C)cc2C)C=C(c2ccccc2)CC1c1ccc(C)cc1C. The summed E-state index contributed by atoms with van der Waals surface area (Å²) < 4.78 is 0. The second-order valence-corrected chi connectivity index (χ2v) is 13.7. The highest BCUT2D eigenvalue weighted by Gasteiger charge is 2.27. The summed E-state index contributed by atoms with van der Waals surface area (Å²) in [5, 5.41) is 1.65. The van der Waals surface area contributed by atoms with Crippen molar-refractivity contribution in [1.29, 1.82) is 0 Å². The minimum Gasteiger partial charge on any atom is -0.102 e. The van der Waals surface area contributed by atoms with E-state index in [1.165, 1.54) is 83.6 Å². The Bertz CT molecular complexity index is 1230. The van der Waals surface area contributed by atoms with Crippen LogP contribution in [0.3, 0.4) is 0 Å². The minimum atomic E-state index is -0.791. The molecule has 0 amide bonds. The highest BCUT2D eigenvalue weighted by molar-refractivity contribution is 7.60. The molecule has 3 aromatic carbocycles. The van der Waals surface area contributed by atoms with Gasteiger partial charge in [-0.15, -0.1) is 7.55 Å². The molecule has 3 aromatic rings. The molecular weight excluding hydrogens is 451 g/mol. The van der Waals surface area contributed by atoms with Crippen molar-refractivity contribution in [2.75, 3.05) is 6.16 Å². The Morgan fingerprint density at radius 1 is 0.722 bits per heavy atom. The third kappa shape index (κ3) is 6.52. The van der Waals surface area contributed by atoms with Crippen molar-refractivity contribution in [1.82, 2.24) is 0 Å². The predicted octanol–water partition coefficient (Wildman–Crippen LogP) is 10.2. The first-order valence-corrected chi connectivity index (χ1v) is 15.9. The van der Waals surface area contributed by atoms with E-state index in [0.29, 0.717) is 5.66 Å². The molecule has 0 fully saturated rings. The van der Waals surface area contributed by atoms with Crippen LogP contribution in [0.5, 0.6) is 0 Å². The molecule has 1 heterocycles. The quantitative estimate of drug-likeness (QED) is 0.193. The number of unbranched alkanes of at least 4 members (excludes halogenated alkanes) is 5. The van der Waals surface area contributed by atoms with Gasteiger partial charge in [-0.2, -0.15) is 0 Å². The van der Waals surface area contributed by atoms with Gasteiger partial charge in [-0.1, -0.05) is 123 Å². The van der Waals surface area contributed by atoms with Crippen LogP contribution in [0, 0.1) is 27.7 Å². The summed E-state index contributed by atoms with van der Waals surface area (Å²) in [5.41, 5.74) is 12.2. The number of hydrogen-bond acceptors (Lipinski definition) is 0. The summed E-state index contributed by atoms with van der Waals surface area (Å²) in [5.74, 6) is 0. The largest absolute Gasteiger partial charge is 0.102 e. The molecular formula is C35H45P. The van der Waals surface area contributed by atoms with E-state index >= 15 is 0 Å². The van der Waals surface area contributed by atoms with Crippen LogP contribution in [0.1, 0.15) is 96.5 Å². The number of benzene rings is 3. The lowest BCUT2D eigenvalue weighted by molar-refractivity contribution is 0.626. The number of hydrogen-bond donors (Lipinski definition) is 0. The summed E-state index contributed by atoms with van der Waals surface area (Å²) in [4.78, 5) is 0. The molecule has 0 saturated heterocycles. The monoisotopic (exact) mass is 496 g/mol. The van der Waals surface area contributed by atoms with Crippen molar-refractivity contribution in [3.8, 4) is 0 Å². The molecule has 0 bridgehead atoms. The molecule has 0 aliphatic carbocycles. The van der Waals surface area contributed by atoms with Crippen molar-refractivity contribution in [3.63, 3.8) is 0 Å². The molecule has 2 atom stereocenters. The second-order valence-electron chi connectivity index (χ2n) is 10.9. The number of rotatable bonds is 10. The first kappa shape index (κ1) is 26.8. The maximum atomic E-state index is 2.61. The molecule has 4 rings (SSSR count). The lowest BCUT2D eigenvalue weighted by Gasteiger charge is -2.32. The smallest absolute Gasteiger partial charge is 0.00640 e. The fourth-order valence-corrected chi connectivity index (χ4v) is 9.77. The summed E-state index contributed by atoms with van der Waals surface area (Å²) in [7, 11) is -0.791. The van der Waals surface area contributed by atoms with Gasteiger partial charge in [0.1, 0.15) is 0 Å². The molecule has 1 aliphatic heterocycles. The standard InChI is InChI=1S/C35H45P/c1-6-7-8-9-10-14-21-36-34(32-19-17-26(2)22-28(32)4)24-31(30-15-12-11-13-16-30)25-35(36)33-20-18-27(3)23-29(33)5/h11-13,15-20,22-24,35-36H,6-10,14,21,25H2,1-5H3. The van der Waals surface area contributed by atoms with E-state index in [2.05, 4.69) is 107 Å². The van der Waals surface area contributed by atoms with Crippen LogP contribution in [0.4, 0.5) is 0 Å². The summed E-state index contributed by atoms with van der Waals surface area (Å²) in [6.07, 6.45) is 13.4. The molecule has 0 aromatic heterocycles. The highest BCUT2D eigenvalue weighted by atomic mass is 31.1. The molecule has 0 N–H and O–H groups in total. The molecule has 36 heavy (non-hydrogen) atoms. The van der Waals surface area contributed by atoms with E-state index < -0.39 is 7.55 Å². The molecule has 1 heteroatoms. The van der Waals surface area contributed by atoms with E-state index in [1.807, 2.05) is 0 Å². The van der Waals surface area contributed by atoms with Crippen LogP contribution < -0.4 is 0 Å². The van der Waals surface area contributed by atoms with Crippen LogP contribution in [0.25, 0.3) is 5.57 Å². The van der Waals surface area contributed by atoms with Gasteiger partial charge < -0.3 is 0 Å². The topological polar surface area (TPSA) is 0 Å². The molecule has 0 radical (unpaired) electrons. The number of allylic oxidation sites excluding steroid dienone is 2. The second kappa shape index (κ2) is 12.8. The van der Waals surface area contributed by atoms with Crippen LogP contribution >= 0.6 is 7.55 Å². The molecule has 0 spiro atoms. The van der Waals surface area contributed by atoms with Crippen LogP contribution in [0.2, 0.25) is 0 Å². The third-order valence-electron chi connectivity index (χ3n) is 7.93. The first-order valence-electron chi connectivity index (χ1n) is 14.1. The maximum absolute atomic E-state index is 2.61. The maximum Gasteiger partial charge on any atom is 0.00640 e. The molecule has 0 saturated carbocycles. The van der Waals surface area contributed by atoms with E-state index in [-0.39, 0.29) is 0 Å². The van der Waals surface area contributed by atoms with Gasteiger partial charge in [-0.25, -0.2) is 0 Å². The van der Waals surface area contributed by atoms with Crippen molar-refractivity contribution < 1.29 is 0 Å². The van der Waals surface area contributed by atoms with Crippen molar-refractivity contribution >= 4 is 18.4 Å². The average molecular weight is 497 g/mol. The first-order chi connectivity index (χ1) is 17.5. The average Bonchev–Trinajstić information content (AvgIpc) is 2.87. The Balaban J connectivity index is 1.83. The van der Waals surface area contributed by atoms with E-state index in [1.54, 1.807) is 10.9 Å². The predicted molar refractivity (Wildman–Crippen MR) is 164 cm³/mol. The van der Waals surface area contributed by atoms with Crippen LogP contribution in [0.15, 0.2) is 72.8 Å². The zero-order valence-corrected chi connectivity index (χ0v) is 24.2. The summed E-state index contributed by atoms with van der Waals surface area (Å²) in [6, 6.07) is 25.4. The van der Waals surface area contributed by atoms with Gasteiger partial charge in [0.2, 0.25) is 0 Å². The van der Waals surface area contributed by atoms with Crippen LogP contribution in [-0.4, -0.2) is 11.5 Å². The Morgan fingerprint density at radius 3 is 2.08 bits per heavy atom. The lowest BCUT2D eigenvalue weighted by atomic mass is 9.92. The Labute approximate surface area is 221 Å². The minimum absolute atomic E-state index is 0.613. The van der Waals surface area contributed by atoms with Crippen molar-refractivity contribution in [2.24, 2.45) is 0 Å². The van der Waals surface area contributed by atoms with Gasteiger partial charge in [0.05, 0.1) is 0 Å². The van der Waals surface area contributed by atoms with Crippen LogP contribution in [-0.2, 0) is 0 Å². The zero-order valence-electron chi connectivity index (χ0n) is 23.2. The summed E-state index contributed by atoms with van der Waals surface area (Å²) >= 11 is 0. The van der Waals surface area contributed by atoms with Crippen molar-refractivity contribution in [3.05, 3.63) is 112 Å². The summed E-state index contributed by atoms with van der Waals surface area (Å²) in [6.45, 7) is 11.4. The molecule has 2 unspecified atom stereocenters. The van der Waals surface area contributed by atoms with Gasteiger partial charge in [0.15, 0.2) is 0 Å². The van der Waals surface area contributed by atoms with Gasteiger partial charge in [0, 0.05) is 5.66 Å². The van der Waals surface area contributed by atoms with Gasteiger partial charge in [-0.3, -0.25) is 0 Å². The van der Waals surface area contributed by atoms with Gasteiger partial charge in [-0.05, 0) is 85.4 Å². The Hall–Kier alpha value is -2.30. The Morgan fingerprint density at radius 2 is 1.39 bits per heavy atom. The third-order valence-corrected chi connectivity index (χ3v) is 11.3. The van der Waals surface area contributed by atoms with E-state index in [4.69, 9.17) is 0 Å². The van der Waals surface area contributed by atoms with Crippen molar-refractivity contribution in [2.45, 2.75) is 85.2 Å². The molecule has 1 aliphatic rings. The number of aryl methyl sites for hydroxylation is 4. The fourth-order valence-electron chi connectivity index (χ4n) is 6.00. The van der Waals surface area contributed by atoms with Gasteiger partial charge >= 0.3 is 0 Å². The molecule has 190 valence electrons. The fraction of sp³-hybridized carbons (Fsp3) is 0.400. The Kier molecular flexibility index (Phi) is 9.50. The molecule has 0 nitrogen and oxygen atoms in total. The lowest BCUT2D eigenvalue weighted by Crippen LogP contribution is -2.13. The van der Waals surface area contributed by atoms with Gasteiger partial charge in [0.25, 0.3) is 0 Å². The highest BCUT2D eigenvalue weighted by Crippen LogP contribution is 2.54. The van der Waals surface area contributed by atoms with E-state index in [9.17, 15) is 0 Å². The normalized spacial score (nSPS) is 17.8.